The van der Waals surface area contributed by atoms with E-state index in [4.69, 9.17) is 11.6 Å². The second-order valence-electron chi connectivity index (χ2n) is 3.10. The lowest BCUT2D eigenvalue weighted by Crippen LogP contribution is -2.01. The van der Waals surface area contributed by atoms with Crippen molar-refractivity contribution in [1.82, 2.24) is 14.8 Å². The van der Waals surface area contributed by atoms with Crippen LogP contribution in [0.5, 0.6) is 0 Å². The van der Waals surface area contributed by atoms with Gasteiger partial charge in [0.05, 0.1) is 9.95 Å². The van der Waals surface area contributed by atoms with Crippen LogP contribution in [0.25, 0.3) is 5.69 Å². The minimum atomic E-state index is -0.502. The molecule has 0 saturated carbocycles. The van der Waals surface area contributed by atoms with Crippen molar-refractivity contribution in [2.75, 3.05) is 0 Å². The number of nitrogens with zero attached hydrogens (tertiary/aromatic N) is 4. The lowest BCUT2D eigenvalue weighted by molar-refractivity contribution is -0.384. The van der Waals surface area contributed by atoms with Gasteiger partial charge in [-0.1, -0.05) is 17.7 Å². The highest BCUT2D eigenvalue weighted by atomic mass is 35.5. The number of hydrogen-bond acceptors (Lipinski definition) is 4. The summed E-state index contributed by atoms with van der Waals surface area (Å²) in [6.45, 7) is 1.69. The Balaban J connectivity index is 2.67. The van der Waals surface area contributed by atoms with E-state index in [0.717, 1.165) is 0 Å². The third kappa shape index (κ3) is 1.74. The molecular weight excluding hydrogens is 232 g/mol. The number of hydrogen-bond donors (Lipinski definition) is 0. The lowest BCUT2D eigenvalue weighted by atomic mass is 10.3. The zero-order chi connectivity index (χ0) is 11.7. The molecule has 0 aliphatic carbocycles. The van der Waals surface area contributed by atoms with Crippen LogP contribution in [0.1, 0.15) is 5.82 Å². The van der Waals surface area contributed by atoms with E-state index in [0.29, 0.717) is 5.82 Å². The highest BCUT2D eigenvalue weighted by molar-refractivity contribution is 6.32. The van der Waals surface area contributed by atoms with E-state index in [1.807, 2.05) is 0 Å². The van der Waals surface area contributed by atoms with Crippen LogP contribution < -0.4 is 0 Å². The second kappa shape index (κ2) is 3.90. The molecule has 0 bridgehead atoms. The van der Waals surface area contributed by atoms with Crippen LogP contribution in [0, 0.1) is 17.0 Å². The highest BCUT2D eigenvalue weighted by Crippen LogP contribution is 2.29. The molecule has 1 aromatic carbocycles. The monoisotopic (exact) mass is 238 g/mol. The largest absolute Gasteiger partial charge is 0.296 e. The smallest absolute Gasteiger partial charge is 0.258 e. The molecule has 0 unspecified atom stereocenters. The standard InChI is InChI=1S/C9H7ClN4O2/c1-6-11-5-13(12-6)9-7(10)3-2-4-8(9)14(15)16/h2-5H,1H3. The summed E-state index contributed by atoms with van der Waals surface area (Å²) in [4.78, 5) is 14.2. The molecular formula is C9H7ClN4O2. The molecule has 0 N–H and O–H groups in total. The quantitative estimate of drug-likeness (QED) is 0.593. The Hall–Kier alpha value is -1.95. The second-order valence-corrected chi connectivity index (χ2v) is 3.51. The van der Waals surface area contributed by atoms with Gasteiger partial charge < -0.3 is 0 Å². The molecule has 6 nitrogen and oxygen atoms in total. The van der Waals surface area contributed by atoms with Gasteiger partial charge in [-0.15, -0.1) is 0 Å². The van der Waals surface area contributed by atoms with Crippen LogP contribution in [0.4, 0.5) is 5.69 Å². The summed E-state index contributed by atoms with van der Waals surface area (Å²) < 4.78 is 1.30. The van der Waals surface area contributed by atoms with Crippen LogP contribution in [-0.4, -0.2) is 19.7 Å². The number of nitro benzene ring substituents is 1. The maximum Gasteiger partial charge on any atom is 0.296 e. The van der Waals surface area contributed by atoms with Crippen LogP contribution in [0.3, 0.4) is 0 Å². The number of aromatic nitrogens is 3. The molecule has 16 heavy (non-hydrogen) atoms. The molecule has 0 fully saturated rings. The number of rotatable bonds is 2. The van der Waals surface area contributed by atoms with E-state index < -0.39 is 4.92 Å². The molecule has 1 aromatic heterocycles. The SMILES string of the molecule is Cc1ncn(-c2c(Cl)cccc2[N+](=O)[O-])n1. The van der Waals surface area contributed by atoms with E-state index in [1.54, 1.807) is 13.0 Å². The fraction of sp³-hybridized carbons (Fsp3) is 0.111. The molecule has 0 aliphatic rings. The van der Waals surface area contributed by atoms with Gasteiger partial charge in [0, 0.05) is 6.07 Å². The summed E-state index contributed by atoms with van der Waals surface area (Å²) in [5.74, 6) is 0.522. The minimum absolute atomic E-state index is 0.0996. The van der Waals surface area contributed by atoms with E-state index in [9.17, 15) is 10.1 Å². The predicted molar refractivity (Wildman–Crippen MR) is 57.8 cm³/mol. The first kappa shape index (κ1) is 10.6. The van der Waals surface area contributed by atoms with Crippen molar-refractivity contribution in [3.05, 3.63) is 45.5 Å². The molecule has 7 heteroatoms. The zero-order valence-electron chi connectivity index (χ0n) is 8.29. The van der Waals surface area contributed by atoms with Gasteiger partial charge in [0.15, 0.2) is 5.69 Å². The Morgan fingerprint density at radius 2 is 2.25 bits per heavy atom. The van der Waals surface area contributed by atoms with E-state index in [1.165, 1.54) is 23.1 Å². The highest BCUT2D eigenvalue weighted by Gasteiger charge is 2.19. The third-order valence-electron chi connectivity index (χ3n) is 2.00. The summed E-state index contributed by atoms with van der Waals surface area (Å²) in [7, 11) is 0. The van der Waals surface area contributed by atoms with Crippen LogP contribution in [-0.2, 0) is 0 Å². The van der Waals surface area contributed by atoms with Gasteiger partial charge in [0.25, 0.3) is 5.69 Å². The minimum Gasteiger partial charge on any atom is -0.258 e. The van der Waals surface area contributed by atoms with Gasteiger partial charge in [-0.25, -0.2) is 9.67 Å². The Kier molecular flexibility index (Phi) is 2.57. The van der Waals surface area contributed by atoms with E-state index in [2.05, 4.69) is 10.1 Å². The van der Waals surface area contributed by atoms with Crippen molar-refractivity contribution in [1.29, 1.82) is 0 Å². The van der Waals surface area contributed by atoms with Gasteiger partial charge in [-0.05, 0) is 13.0 Å². The third-order valence-corrected chi connectivity index (χ3v) is 2.30. The molecule has 0 atom stereocenters. The first-order valence-corrected chi connectivity index (χ1v) is 4.79. The van der Waals surface area contributed by atoms with Gasteiger partial charge in [-0.2, -0.15) is 5.10 Å². The van der Waals surface area contributed by atoms with Crippen molar-refractivity contribution in [2.45, 2.75) is 6.92 Å². The Morgan fingerprint density at radius 3 is 2.81 bits per heavy atom. The van der Waals surface area contributed by atoms with Gasteiger partial charge in [0.1, 0.15) is 12.2 Å². The predicted octanol–water partition coefficient (Wildman–Crippen LogP) is 2.14. The molecule has 2 aromatic rings. The average Bonchev–Trinajstić information content (AvgIpc) is 2.64. The molecule has 0 spiro atoms. The summed E-state index contributed by atoms with van der Waals surface area (Å²) in [6.07, 6.45) is 1.39. The van der Waals surface area contributed by atoms with Gasteiger partial charge in [0.2, 0.25) is 0 Å². The Morgan fingerprint density at radius 1 is 1.50 bits per heavy atom. The molecule has 2 rings (SSSR count). The summed E-state index contributed by atoms with van der Waals surface area (Å²) in [6, 6.07) is 4.47. The maximum atomic E-state index is 10.8. The molecule has 1 heterocycles. The van der Waals surface area contributed by atoms with Crippen molar-refractivity contribution in [2.24, 2.45) is 0 Å². The Bertz CT molecular complexity index is 552. The first-order valence-electron chi connectivity index (χ1n) is 4.41. The summed E-state index contributed by atoms with van der Waals surface area (Å²) in [5, 5.41) is 15.1. The van der Waals surface area contributed by atoms with Crippen LogP contribution >= 0.6 is 11.6 Å². The number of para-hydroxylation sites is 1. The van der Waals surface area contributed by atoms with E-state index in [-0.39, 0.29) is 16.4 Å². The van der Waals surface area contributed by atoms with Crippen molar-refractivity contribution in [3.8, 4) is 5.69 Å². The normalized spacial score (nSPS) is 10.4. The fourth-order valence-electron chi connectivity index (χ4n) is 1.33. The van der Waals surface area contributed by atoms with Crippen molar-refractivity contribution in [3.63, 3.8) is 0 Å². The average molecular weight is 239 g/mol. The topological polar surface area (TPSA) is 73.8 Å². The van der Waals surface area contributed by atoms with Gasteiger partial charge in [-0.3, -0.25) is 10.1 Å². The van der Waals surface area contributed by atoms with Crippen molar-refractivity contribution < 1.29 is 4.92 Å². The number of aryl methyl sites for hydroxylation is 1. The first-order chi connectivity index (χ1) is 7.59. The number of benzene rings is 1. The molecule has 0 saturated heterocycles. The van der Waals surface area contributed by atoms with Crippen molar-refractivity contribution >= 4 is 17.3 Å². The molecule has 0 radical (unpaired) electrons. The molecule has 0 amide bonds. The van der Waals surface area contributed by atoms with Crippen LogP contribution in [0.15, 0.2) is 24.5 Å². The van der Waals surface area contributed by atoms with Gasteiger partial charge >= 0.3 is 0 Å². The Labute approximate surface area is 95.6 Å². The van der Waals surface area contributed by atoms with E-state index >= 15 is 0 Å². The zero-order valence-corrected chi connectivity index (χ0v) is 9.05. The summed E-state index contributed by atoms with van der Waals surface area (Å²) in [5.41, 5.74) is 0.132. The van der Waals surface area contributed by atoms with Crippen LogP contribution in [0.2, 0.25) is 5.02 Å². The maximum absolute atomic E-state index is 10.8. The lowest BCUT2D eigenvalue weighted by Gasteiger charge is -2.03. The molecule has 82 valence electrons. The summed E-state index contributed by atoms with van der Waals surface area (Å²) >= 11 is 5.92. The molecule has 0 aliphatic heterocycles. The fourth-order valence-corrected chi connectivity index (χ4v) is 1.59. The number of nitro groups is 1. The number of halogens is 1.